The minimum absolute atomic E-state index is 0.417. The summed E-state index contributed by atoms with van der Waals surface area (Å²) in [6, 6.07) is 14.9. The van der Waals surface area contributed by atoms with Gasteiger partial charge in [0.15, 0.2) is 0 Å². The third-order valence-corrected chi connectivity index (χ3v) is 3.74. The Bertz CT molecular complexity index is 859. The number of rotatable bonds is 2. The Morgan fingerprint density at radius 3 is 2.62 bits per heavy atom. The van der Waals surface area contributed by atoms with E-state index in [1.54, 1.807) is 24.3 Å². The maximum absolute atomic E-state index is 11.7. The summed E-state index contributed by atoms with van der Waals surface area (Å²) in [4.78, 5) is 16.3. The summed E-state index contributed by atoms with van der Waals surface area (Å²) in [7, 11) is 0. The van der Waals surface area contributed by atoms with Gasteiger partial charge in [0.2, 0.25) is 0 Å². The predicted octanol–water partition coefficient (Wildman–Crippen LogP) is 5.24. The van der Waals surface area contributed by atoms with E-state index < -0.39 is 5.24 Å². The number of benzene rings is 2. The van der Waals surface area contributed by atoms with E-state index in [0.29, 0.717) is 21.5 Å². The highest BCUT2D eigenvalue weighted by Gasteiger charge is 2.12. The van der Waals surface area contributed by atoms with E-state index in [2.05, 4.69) is 4.98 Å². The number of hydrogen-bond acceptors (Lipinski definition) is 2. The van der Waals surface area contributed by atoms with Crippen molar-refractivity contribution in [2.75, 3.05) is 0 Å². The lowest BCUT2D eigenvalue weighted by atomic mass is 10.0. The molecule has 0 saturated heterocycles. The number of aryl methyl sites for hydroxylation is 1. The van der Waals surface area contributed by atoms with Gasteiger partial charge < -0.3 is 0 Å². The summed E-state index contributed by atoms with van der Waals surface area (Å²) >= 11 is 11.7. The molecule has 0 amide bonds. The van der Waals surface area contributed by atoms with Crippen LogP contribution in [0.15, 0.2) is 48.5 Å². The standard InChI is InChI=1S/C17H11Cl2NO/c1-10-3-2-4-11(7-10)16-9-14(17(19)21)13-8-12(18)5-6-15(13)20-16/h2-9H,1H3. The van der Waals surface area contributed by atoms with Crippen LogP contribution in [-0.4, -0.2) is 10.2 Å². The lowest BCUT2D eigenvalue weighted by Gasteiger charge is -2.08. The lowest BCUT2D eigenvalue weighted by Crippen LogP contribution is -1.96. The normalized spacial score (nSPS) is 10.8. The van der Waals surface area contributed by atoms with Gasteiger partial charge >= 0.3 is 0 Å². The Hall–Kier alpha value is -1.90. The van der Waals surface area contributed by atoms with Crippen LogP contribution in [0.25, 0.3) is 22.2 Å². The molecule has 0 unspecified atom stereocenters. The van der Waals surface area contributed by atoms with Gasteiger partial charge in [0.25, 0.3) is 5.24 Å². The van der Waals surface area contributed by atoms with Crippen molar-refractivity contribution in [1.82, 2.24) is 4.98 Å². The zero-order chi connectivity index (χ0) is 15.0. The molecule has 21 heavy (non-hydrogen) atoms. The molecule has 0 bridgehead atoms. The molecule has 2 nitrogen and oxygen atoms in total. The molecule has 0 aliphatic heterocycles. The van der Waals surface area contributed by atoms with Gasteiger partial charge in [-0.3, -0.25) is 4.79 Å². The molecule has 0 aliphatic carbocycles. The first kappa shape index (κ1) is 14.1. The summed E-state index contributed by atoms with van der Waals surface area (Å²) in [5.74, 6) is 0. The number of aromatic nitrogens is 1. The minimum atomic E-state index is -0.515. The van der Waals surface area contributed by atoms with Gasteiger partial charge in [-0.2, -0.15) is 0 Å². The molecule has 2 aromatic carbocycles. The summed E-state index contributed by atoms with van der Waals surface area (Å²) < 4.78 is 0. The van der Waals surface area contributed by atoms with Crippen molar-refractivity contribution in [1.29, 1.82) is 0 Å². The number of pyridine rings is 1. The van der Waals surface area contributed by atoms with Crippen LogP contribution in [0.1, 0.15) is 15.9 Å². The summed E-state index contributed by atoms with van der Waals surface area (Å²) in [6.07, 6.45) is 0. The number of carbonyl (C=O) groups excluding carboxylic acids is 1. The SMILES string of the molecule is Cc1cccc(-c2cc(C(=O)Cl)c3cc(Cl)ccc3n2)c1. The Balaban J connectivity index is 2.31. The quantitative estimate of drug-likeness (QED) is 0.605. The first-order valence-electron chi connectivity index (χ1n) is 6.42. The zero-order valence-electron chi connectivity index (χ0n) is 11.2. The summed E-state index contributed by atoms with van der Waals surface area (Å²) in [5, 5.41) is 0.698. The first-order valence-corrected chi connectivity index (χ1v) is 7.17. The van der Waals surface area contributed by atoms with E-state index >= 15 is 0 Å². The van der Waals surface area contributed by atoms with Gasteiger partial charge in [0, 0.05) is 21.5 Å². The monoisotopic (exact) mass is 315 g/mol. The van der Waals surface area contributed by atoms with Crippen LogP contribution in [0.2, 0.25) is 5.02 Å². The molecule has 104 valence electrons. The summed E-state index contributed by atoms with van der Waals surface area (Å²) in [6.45, 7) is 2.01. The summed E-state index contributed by atoms with van der Waals surface area (Å²) in [5.41, 5.74) is 3.91. The van der Waals surface area contributed by atoms with Crippen LogP contribution in [0.4, 0.5) is 0 Å². The van der Waals surface area contributed by atoms with Crippen LogP contribution < -0.4 is 0 Å². The van der Waals surface area contributed by atoms with E-state index in [1.807, 2.05) is 31.2 Å². The van der Waals surface area contributed by atoms with E-state index in [0.717, 1.165) is 16.8 Å². The van der Waals surface area contributed by atoms with Crippen molar-refractivity contribution in [2.45, 2.75) is 6.92 Å². The highest BCUT2D eigenvalue weighted by Crippen LogP contribution is 2.28. The number of nitrogens with zero attached hydrogens (tertiary/aromatic N) is 1. The molecular formula is C17H11Cl2NO. The highest BCUT2D eigenvalue weighted by atomic mass is 35.5. The van der Waals surface area contributed by atoms with E-state index in [9.17, 15) is 4.79 Å². The van der Waals surface area contributed by atoms with Crippen LogP contribution in [0.3, 0.4) is 0 Å². The third-order valence-electron chi connectivity index (χ3n) is 3.30. The van der Waals surface area contributed by atoms with E-state index in [-0.39, 0.29) is 0 Å². The first-order chi connectivity index (χ1) is 10.0. The maximum atomic E-state index is 11.7. The fraction of sp³-hybridized carbons (Fsp3) is 0.0588. The van der Waals surface area contributed by atoms with Crippen molar-refractivity contribution in [2.24, 2.45) is 0 Å². The smallest absolute Gasteiger partial charge is 0.253 e. The van der Waals surface area contributed by atoms with Gasteiger partial charge in [-0.15, -0.1) is 0 Å². The highest BCUT2D eigenvalue weighted by molar-refractivity contribution is 6.68. The average Bonchev–Trinajstić information content (AvgIpc) is 2.46. The second kappa shape index (κ2) is 5.47. The fourth-order valence-corrected chi connectivity index (χ4v) is 2.64. The second-order valence-corrected chi connectivity index (χ2v) is 5.64. The molecule has 0 saturated carbocycles. The predicted molar refractivity (Wildman–Crippen MR) is 87.1 cm³/mol. The Kier molecular flexibility index (Phi) is 3.66. The number of fused-ring (bicyclic) bond motifs is 1. The van der Waals surface area contributed by atoms with Crippen molar-refractivity contribution >= 4 is 39.3 Å². The molecule has 3 aromatic rings. The van der Waals surface area contributed by atoms with Crippen molar-refractivity contribution in [3.05, 3.63) is 64.7 Å². The van der Waals surface area contributed by atoms with Gasteiger partial charge in [-0.25, -0.2) is 4.98 Å². The number of carbonyl (C=O) groups is 1. The largest absolute Gasteiger partial charge is 0.276 e. The minimum Gasteiger partial charge on any atom is -0.276 e. The molecule has 0 N–H and O–H groups in total. The van der Waals surface area contributed by atoms with Crippen molar-refractivity contribution < 1.29 is 4.79 Å². The zero-order valence-corrected chi connectivity index (χ0v) is 12.7. The molecule has 0 atom stereocenters. The molecular weight excluding hydrogens is 305 g/mol. The van der Waals surface area contributed by atoms with Crippen LogP contribution >= 0.6 is 23.2 Å². The van der Waals surface area contributed by atoms with E-state index in [4.69, 9.17) is 23.2 Å². The fourth-order valence-electron chi connectivity index (χ4n) is 2.31. The van der Waals surface area contributed by atoms with Gasteiger partial charge in [0.1, 0.15) is 0 Å². The van der Waals surface area contributed by atoms with Gasteiger partial charge in [0.05, 0.1) is 11.2 Å². The van der Waals surface area contributed by atoms with Crippen molar-refractivity contribution in [3.63, 3.8) is 0 Å². The number of hydrogen-bond donors (Lipinski definition) is 0. The number of halogens is 2. The topological polar surface area (TPSA) is 30.0 Å². The Morgan fingerprint density at radius 1 is 1.10 bits per heavy atom. The average molecular weight is 316 g/mol. The van der Waals surface area contributed by atoms with Crippen molar-refractivity contribution in [3.8, 4) is 11.3 Å². The molecule has 4 heteroatoms. The van der Waals surface area contributed by atoms with E-state index in [1.165, 1.54) is 0 Å². The van der Waals surface area contributed by atoms with Crippen LogP contribution in [0, 0.1) is 6.92 Å². The molecule has 1 heterocycles. The molecule has 0 radical (unpaired) electrons. The molecule has 3 rings (SSSR count). The second-order valence-electron chi connectivity index (χ2n) is 4.86. The maximum Gasteiger partial charge on any atom is 0.253 e. The van der Waals surface area contributed by atoms with Gasteiger partial charge in [-0.05, 0) is 48.9 Å². The lowest BCUT2D eigenvalue weighted by molar-refractivity contribution is 0.108. The molecule has 1 aromatic heterocycles. The molecule has 0 aliphatic rings. The molecule has 0 spiro atoms. The van der Waals surface area contributed by atoms with Gasteiger partial charge in [-0.1, -0.05) is 35.4 Å². The van der Waals surface area contributed by atoms with Crippen LogP contribution in [0.5, 0.6) is 0 Å². The third kappa shape index (κ3) is 2.78. The molecule has 0 fully saturated rings. The Labute approximate surface area is 132 Å². The Morgan fingerprint density at radius 2 is 1.90 bits per heavy atom. The van der Waals surface area contributed by atoms with Crippen LogP contribution in [-0.2, 0) is 0 Å².